The zero-order valence-corrected chi connectivity index (χ0v) is 9.85. The molecule has 6 nitrogen and oxygen atoms in total. The Bertz CT molecular complexity index is 602. The molecule has 0 saturated heterocycles. The van der Waals surface area contributed by atoms with E-state index in [9.17, 15) is 4.79 Å². The van der Waals surface area contributed by atoms with Crippen molar-refractivity contribution in [1.29, 1.82) is 0 Å². The lowest BCUT2D eigenvalue weighted by molar-refractivity contribution is 0.388. The van der Waals surface area contributed by atoms with Crippen molar-refractivity contribution in [3.8, 4) is 0 Å². The molecule has 2 aromatic rings. The molecule has 0 saturated carbocycles. The first-order chi connectivity index (χ1) is 7.32. The molecule has 2 aromatic heterocycles. The number of aryl methyl sites for hydroxylation is 1. The minimum atomic E-state index is -0.396. The number of rotatable bonds is 0. The van der Waals surface area contributed by atoms with Crippen molar-refractivity contribution in [2.45, 2.75) is 26.3 Å². The number of aromatic nitrogens is 4. The van der Waals surface area contributed by atoms with Gasteiger partial charge in [0.15, 0.2) is 11.2 Å². The lowest BCUT2D eigenvalue weighted by atomic mass is 10.1. The third kappa shape index (κ3) is 1.37. The van der Waals surface area contributed by atoms with Crippen molar-refractivity contribution in [2.24, 2.45) is 7.05 Å². The summed E-state index contributed by atoms with van der Waals surface area (Å²) in [5, 5.41) is 0. The molecule has 2 rings (SSSR count). The Morgan fingerprint density at radius 3 is 2.56 bits per heavy atom. The van der Waals surface area contributed by atoms with Gasteiger partial charge in [0.2, 0.25) is 5.95 Å². The smallest absolute Gasteiger partial charge is 0.281 e. The summed E-state index contributed by atoms with van der Waals surface area (Å²) in [6, 6.07) is 0. The van der Waals surface area contributed by atoms with E-state index in [0.717, 1.165) is 0 Å². The zero-order valence-electron chi connectivity index (χ0n) is 9.85. The van der Waals surface area contributed by atoms with Crippen LogP contribution in [0.4, 0.5) is 5.95 Å². The number of anilines is 1. The van der Waals surface area contributed by atoms with Gasteiger partial charge in [-0.2, -0.15) is 4.98 Å². The summed E-state index contributed by atoms with van der Waals surface area (Å²) in [6.45, 7) is 5.73. The van der Waals surface area contributed by atoms with Crippen LogP contribution >= 0.6 is 0 Å². The summed E-state index contributed by atoms with van der Waals surface area (Å²) >= 11 is 0. The molecule has 86 valence electrons. The fraction of sp³-hybridized carbons (Fsp3) is 0.500. The molecule has 2 N–H and O–H groups in total. The van der Waals surface area contributed by atoms with Gasteiger partial charge in [0.25, 0.3) is 5.56 Å². The molecule has 0 aromatic carbocycles. The number of nitrogens with two attached hydrogens (primary N) is 1. The van der Waals surface area contributed by atoms with Crippen LogP contribution in [0.25, 0.3) is 11.2 Å². The van der Waals surface area contributed by atoms with Gasteiger partial charge in [-0.1, -0.05) is 0 Å². The molecule has 0 atom stereocenters. The van der Waals surface area contributed by atoms with Crippen molar-refractivity contribution in [2.75, 3.05) is 5.73 Å². The molecule has 0 bridgehead atoms. The van der Waals surface area contributed by atoms with Crippen molar-refractivity contribution in [3.05, 3.63) is 16.7 Å². The quantitative estimate of drug-likeness (QED) is 0.701. The first-order valence-corrected chi connectivity index (χ1v) is 5.02. The summed E-state index contributed by atoms with van der Waals surface area (Å²) in [7, 11) is 1.77. The topological polar surface area (TPSA) is 78.7 Å². The number of hydrogen-bond acceptors (Lipinski definition) is 4. The second kappa shape index (κ2) is 3.07. The first-order valence-electron chi connectivity index (χ1n) is 5.02. The van der Waals surface area contributed by atoms with Crippen molar-refractivity contribution in [1.82, 2.24) is 19.1 Å². The van der Waals surface area contributed by atoms with E-state index in [0.29, 0.717) is 11.2 Å². The second-order valence-corrected chi connectivity index (χ2v) is 4.81. The average molecular weight is 221 g/mol. The first kappa shape index (κ1) is 10.7. The second-order valence-electron chi connectivity index (χ2n) is 4.81. The van der Waals surface area contributed by atoms with Crippen LogP contribution < -0.4 is 11.3 Å². The molecular formula is C10H15N5O. The van der Waals surface area contributed by atoms with Crippen LogP contribution in [0.3, 0.4) is 0 Å². The van der Waals surface area contributed by atoms with Crippen molar-refractivity contribution < 1.29 is 0 Å². The van der Waals surface area contributed by atoms with Crippen molar-refractivity contribution in [3.63, 3.8) is 0 Å². The van der Waals surface area contributed by atoms with Gasteiger partial charge in [0.05, 0.1) is 6.33 Å². The molecule has 0 unspecified atom stereocenters. The third-order valence-electron chi connectivity index (χ3n) is 2.44. The van der Waals surface area contributed by atoms with Crippen LogP contribution in [0, 0.1) is 0 Å². The molecule has 0 aliphatic heterocycles. The van der Waals surface area contributed by atoms with Crippen LogP contribution in [0.5, 0.6) is 0 Å². The summed E-state index contributed by atoms with van der Waals surface area (Å²) < 4.78 is 3.14. The van der Waals surface area contributed by atoms with Gasteiger partial charge >= 0.3 is 0 Å². The summed E-state index contributed by atoms with van der Waals surface area (Å²) in [4.78, 5) is 20.4. The van der Waals surface area contributed by atoms with E-state index in [1.165, 1.54) is 4.57 Å². The maximum Gasteiger partial charge on any atom is 0.281 e. The standard InChI is InChI=1S/C10H15N5O/c1-10(2,3)15-8(16)6-7(13-9(15)11)12-5-14(6)4/h5H,1-4H3,(H2,11,13). The van der Waals surface area contributed by atoms with E-state index in [4.69, 9.17) is 5.73 Å². The molecule has 0 amide bonds. The van der Waals surface area contributed by atoms with Crippen LogP contribution in [0.15, 0.2) is 11.1 Å². The molecule has 0 aliphatic carbocycles. The minimum Gasteiger partial charge on any atom is -0.369 e. The van der Waals surface area contributed by atoms with Gasteiger partial charge < -0.3 is 10.3 Å². The van der Waals surface area contributed by atoms with E-state index in [1.807, 2.05) is 20.8 Å². The van der Waals surface area contributed by atoms with Crippen LogP contribution in [0.2, 0.25) is 0 Å². The summed E-state index contributed by atoms with van der Waals surface area (Å²) in [6.07, 6.45) is 1.56. The highest BCUT2D eigenvalue weighted by atomic mass is 16.1. The summed E-state index contributed by atoms with van der Waals surface area (Å²) in [5.74, 6) is 0.198. The highest BCUT2D eigenvalue weighted by molar-refractivity contribution is 5.70. The summed E-state index contributed by atoms with van der Waals surface area (Å²) in [5.41, 5.74) is 6.10. The van der Waals surface area contributed by atoms with Crippen molar-refractivity contribution >= 4 is 17.1 Å². The monoisotopic (exact) mass is 221 g/mol. The van der Waals surface area contributed by atoms with Gasteiger partial charge in [0, 0.05) is 12.6 Å². The van der Waals surface area contributed by atoms with Gasteiger partial charge in [-0.15, -0.1) is 0 Å². The minimum absolute atomic E-state index is 0.157. The van der Waals surface area contributed by atoms with Gasteiger partial charge in [0.1, 0.15) is 0 Å². The number of fused-ring (bicyclic) bond motifs is 1. The predicted molar refractivity (Wildman–Crippen MR) is 62.2 cm³/mol. The normalized spacial score (nSPS) is 12.2. The molecule has 2 heterocycles. The SMILES string of the molecule is Cn1cnc2nc(N)n(C(C)(C)C)c(=O)c21. The number of hydrogen-bond donors (Lipinski definition) is 1. The Morgan fingerprint density at radius 1 is 1.38 bits per heavy atom. The van der Waals surface area contributed by atoms with Gasteiger partial charge in [-0.25, -0.2) is 4.98 Å². The molecule has 0 spiro atoms. The fourth-order valence-corrected chi connectivity index (χ4v) is 1.76. The Labute approximate surface area is 92.7 Å². The van der Waals surface area contributed by atoms with E-state index in [-0.39, 0.29) is 11.5 Å². The van der Waals surface area contributed by atoms with E-state index in [2.05, 4.69) is 9.97 Å². The number of nitrogen functional groups attached to an aromatic ring is 1. The number of imidazole rings is 1. The molecule has 6 heteroatoms. The van der Waals surface area contributed by atoms with E-state index >= 15 is 0 Å². The highest BCUT2D eigenvalue weighted by Gasteiger charge is 2.21. The maximum atomic E-state index is 12.3. The Morgan fingerprint density at radius 2 is 2.00 bits per heavy atom. The average Bonchev–Trinajstić information content (AvgIpc) is 2.44. The number of nitrogens with zero attached hydrogens (tertiary/aromatic N) is 4. The third-order valence-corrected chi connectivity index (χ3v) is 2.44. The Kier molecular flexibility index (Phi) is 2.04. The maximum absolute atomic E-state index is 12.3. The molecular weight excluding hydrogens is 206 g/mol. The zero-order chi connectivity index (χ0) is 12.1. The van der Waals surface area contributed by atoms with Gasteiger partial charge in [-0.05, 0) is 20.8 Å². The van der Waals surface area contributed by atoms with E-state index < -0.39 is 5.54 Å². The predicted octanol–water partition coefficient (Wildman–Crippen LogP) is 0.467. The highest BCUT2D eigenvalue weighted by Crippen LogP contribution is 2.16. The van der Waals surface area contributed by atoms with Crippen LogP contribution in [-0.4, -0.2) is 19.1 Å². The van der Waals surface area contributed by atoms with Crippen LogP contribution in [-0.2, 0) is 12.6 Å². The lowest BCUT2D eigenvalue weighted by Gasteiger charge is -2.23. The Hall–Kier alpha value is -1.85. The van der Waals surface area contributed by atoms with Crippen LogP contribution in [0.1, 0.15) is 20.8 Å². The lowest BCUT2D eigenvalue weighted by Crippen LogP contribution is -2.36. The molecule has 16 heavy (non-hydrogen) atoms. The molecule has 0 radical (unpaired) electrons. The molecule has 0 aliphatic rings. The Balaban J connectivity index is 2.96. The fourth-order valence-electron chi connectivity index (χ4n) is 1.76. The van der Waals surface area contributed by atoms with E-state index in [1.54, 1.807) is 17.9 Å². The van der Waals surface area contributed by atoms with Gasteiger partial charge in [-0.3, -0.25) is 9.36 Å². The molecule has 0 fully saturated rings. The largest absolute Gasteiger partial charge is 0.369 e.